The van der Waals surface area contributed by atoms with Gasteiger partial charge in [-0.25, -0.2) is 4.79 Å². The second kappa shape index (κ2) is 8.19. The highest BCUT2D eigenvalue weighted by molar-refractivity contribution is 6.30. The summed E-state index contributed by atoms with van der Waals surface area (Å²) in [6, 6.07) is 15.8. The summed E-state index contributed by atoms with van der Waals surface area (Å²) in [6.45, 7) is 0.167. The number of hydrogen-bond donors (Lipinski definition) is 1. The van der Waals surface area contributed by atoms with E-state index in [2.05, 4.69) is 10.1 Å². The van der Waals surface area contributed by atoms with Gasteiger partial charge in [0.25, 0.3) is 0 Å². The third-order valence-corrected chi connectivity index (χ3v) is 3.40. The van der Waals surface area contributed by atoms with Gasteiger partial charge in [0, 0.05) is 17.3 Å². The van der Waals surface area contributed by atoms with E-state index >= 15 is 0 Å². The number of carbonyl (C=O) groups is 2. The fourth-order valence-corrected chi connectivity index (χ4v) is 2.09. The van der Waals surface area contributed by atoms with E-state index in [0.717, 1.165) is 5.56 Å². The normalized spacial score (nSPS) is 10.0. The minimum absolute atomic E-state index is 0.134. The fraction of sp³-hybridized carbons (Fsp3) is 0.176. The Labute approximate surface area is 139 Å². The highest BCUT2D eigenvalue weighted by atomic mass is 35.5. The van der Waals surface area contributed by atoms with E-state index in [-0.39, 0.29) is 12.6 Å². The highest BCUT2D eigenvalue weighted by Gasteiger charge is 2.18. The van der Waals surface area contributed by atoms with Crippen LogP contribution in [0, 0.1) is 0 Å². The predicted molar refractivity (Wildman–Crippen MR) is 89.3 cm³/mol. The minimum atomic E-state index is -0.479. The monoisotopic (exact) mass is 332 g/mol. The van der Waals surface area contributed by atoms with E-state index in [1.165, 1.54) is 12.0 Å². The molecule has 120 valence electrons. The Morgan fingerprint density at radius 1 is 1.09 bits per heavy atom. The van der Waals surface area contributed by atoms with Gasteiger partial charge in [0.15, 0.2) is 0 Å². The Morgan fingerprint density at radius 3 is 2.35 bits per heavy atom. The van der Waals surface area contributed by atoms with Crippen molar-refractivity contribution in [3.05, 3.63) is 65.2 Å². The molecule has 6 heteroatoms. The number of esters is 1. The first-order chi connectivity index (χ1) is 11.1. The lowest BCUT2D eigenvalue weighted by Gasteiger charge is -2.22. The molecule has 2 aromatic carbocycles. The number of rotatable bonds is 5. The largest absolute Gasteiger partial charge is 0.468 e. The van der Waals surface area contributed by atoms with Crippen molar-refractivity contribution in [2.75, 3.05) is 19.0 Å². The van der Waals surface area contributed by atoms with Crippen LogP contribution in [0.2, 0.25) is 5.02 Å². The Morgan fingerprint density at radius 2 is 1.74 bits per heavy atom. The number of nitrogens with zero attached hydrogens (tertiary/aromatic N) is 1. The molecule has 0 heterocycles. The first kappa shape index (κ1) is 16.8. The lowest BCUT2D eigenvalue weighted by molar-refractivity contribution is -0.141. The van der Waals surface area contributed by atoms with Crippen molar-refractivity contribution in [2.45, 2.75) is 6.54 Å². The van der Waals surface area contributed by atoms with Crippen LogP contribution < -0.4 is 5.32 Å². The summed E-state index contributed by atoms with van der Waals surface area (Å²) in [5.74, 6) is -0.479. The average molecular weight is 333 g/mol. The molecule has 2 aromatic rings. The SMILES string of the molecule is COC(=O)CN(Cc1ccccc1)C(=O)Nc1ccc(Cl)cc1. The van der Waals surface area contributed by atoms with Gasteiger partial charge in [-0.1, -0.05) is 41.9 Å². The maximum Gasteiger partial charge on any atom is 0.325 e. The third-order valence-electron chi connectivity index (χ3n) is 3.15. The zero-order chi connectivity index (χ0) is 16.7. The van der Waals surface area contributed by atoms with Gasteiger partial charge in [0.2, 0.25) is 0 Å². The first-order valence-electron chi connectivity index (χ1n) is 7.00. The van der Waals surface area contributed by atoms with Crippen molar-refractivity contribution in [1.29, 1.82) is 0 Å². The molecule has 23 heavy (non-hydrogen) atoms. The predicted octanol–water partition coefficient (Wildman–Crippen LogP) is 3.55. The zero-order valence-electron chi connectivity index (χ0n) is 12.7. The van der Waals surface area contributed by atoms with Crippen LogP contribution in [-0.2, 0) is 16.1 Å². The van der Waals surface area contributed by atoms with E-state index in [4.69, 9.17) is 11.6 Å². The van der Waals surface area contributed by atoms with Crippen LogP contribution in [0.1, 0.15) is 5.56 Å². The molecule has 0 aliphatic rings. The maximum atomic E-state index is 12.4. The molecular formula is C17H17ClN2O3. The second-order valence-electron chi connectivity index (χ2n) is 4.85. The van der Waals surface area contributed by atoms with E-state index in [9.17, 15) is 9.59 Å². The Bertz CT molecular complexity index is 659. The van der Waals surface area contributed by atoms with Gasteiger partial charge in [-0.2, -0.15) is 0 Å². The molecule has 0 bridgehead atoms. The van der Waals surface area contributed by atoms with Crippen molar-refractivity contribution in [3.8, 4) is 0 Å². The molecule has 0 spiro atoms. The van der Waals surface area contributed by atoms with Crippen LogP contribution in [0.15, 0.2) is 54.6 Å². The summed E-state index contributed by atoms with van der Waals surface area (Å²) in [7, 11) is 1.29. The number of amides is 2. The number of ether oxygens (including phenoxy) is 1. The molecule has 5 nitrogen and oxygen atoms in total. The average Bonchev–Trinajstić information content (AvgIpc) is 2.57. The number of carbonyl (C=O) groups excluding carboxylic acids is 2. The van der Waals surface area contributed by atoms with Gasteiger partial charge in [-0.3, -0.25) is 4.79 Å². The van der Waals surface area contributed by atoms with Gasteiger partial charge in [-0.05, 0) is 29.8 Å². The quantitative estimate of drug-likeness (QED) is 0.852. The van der Waals surface area contributed by atoms with Crippen molar-refractivity contribution in [2.24, 2.45) is 0 Å². The summed E-state index contributed by atoms with van der Waals surface area (Å²) in [6.07, 6.45) is 0. The molecule has 0 unspecified atom stereocenters. The molecule has 0 fully saturated rings. The highest BCUT2D eigenvalue weighted by Crippen LogP contribution is 2.14. The van der Waals surface area contributed by atoms with Gasteiger partial charge in [0.1, 0.15) is 6.54 Å². The van der Waals surface area contributed by atoms with Gasteiger partial charge >= 0.3 is 12.0 Å². The summed E-state index contributed by atoms with van der Waals surface area (Å²) in [5.41, 5.74) is 1.52. The summed E-state index contributed by atoms with van der Waals surface area (Å²) in [4.78, 5) is 25.4. The van der Waals surface area contributed by atoms with Gasteiger partial charge in [0.05, 0.1) is 7.11 Å². The van der Waals surface area contributed by atoms with Crippen LogP contribution in [0.3, 0.4) is 0 Å². The molecule has 0 aliphatic heterocycles. The zero-order valence-corrected chi connectivity index (χ0v) is 13.4. The van der Waals surface area contributed by atoms with E-state index in [1.54, 1.807) is 24.3 Å². The molecule has 0 aromatic heterocycles. The van der Waals surface area contributed by atoms with Crippen molar-refractivity contribution in [3.63, 3.8) is 0 Å². The molecule has 0 saturated carbocycles. The third kappa shape index (κ3) is 5.30. The van der Waals surface area contributed by atoms with E-state index in [0.29, 0.717) is 17.3 Å². The Hall–Kier alpha value is -2.53. The Balaban J connectivity index is 2.10. The lowest BCUT2D eigenvalue weighted by Crippen LogP contribution is -2.38. The molecule has 0 aliphatic carbocycles. The molecule has 1 N–H and O–H groups in total. The number of hydrogen-bond acceptors (Lipinski definition) is 3. The smallest absolute Gasteiger partial charge is 0.325 e. The molecule has 2 rings (SSSR count). The topological polar surface area (TPSA) is 58.6 Å². The van der Waals surface area contributed by atoms with Crippen molar-refractivity contribution in [1.82, 2.24) is 4.90 Å². The van der Waals surface area contributed by atoms with E-state index < -0.39 is 5.97 Å². The first-order valence-corrected chi connectivity index (χ1v) is 7.38. The number of benzene rings is 2. The molecule has 0 saturated heterocycles. The lowest BCUT2D eigenvalue weighted by atomic mass is 10.2. The number of halogens is 1. The maximum absolute atomic E-state index is 12.4. The van der Waals surface area contributed by atoms with Crippen molar-refractivity contribution >= 4 is 29.3 Å². The second-order valence-corrected chi connectivity index (χ2v) is 5.29. The molecule has 0 radical (unpaired) electrons. The standard InChI is InChI=1S/C17H17ClN2O3/c1-23-16(21)12-20(11-13-5-3-2-4-6-13)17(22)19-15-9-7-14(18)8-10-15/h2-10H,11-12H2,1H3,(H,19,22). The Kier molecular flexibility index (Phi) is 6.00. The van der Waals surface area contributed by atoms with Crippen LogP contribution in [0.4, 0.5) is 10.5 Å². The summed E-state index contributed by atoms with van der Waals surface area (Å²) < 4.78 is 4.66. The van der Waals surface area contributed by atoms with Crippen LogP contribution >= 0.6 is 11.6 Å². The van der Waals surface area contributed by atoms with Crippen LogP contribution in [-0.4, -0.2) is 30.6 Å². The fourth-order valence-electron chi connectivity index (χ4n) is 1.96. The summed E-state index contributed by atoms with van der Waals surface area (Å²) >= 11 is 5.82. The molecular weight excluding hydrogens is 316 g/mol. The van der Waals surface area contributed by atoms with Gasteiger partial charge in [-0.15, -0.1) is 0 Å². The van der Waals surface area contributed by atoms with Gasteiger partial charge < -0.3 is 15.0 Å². The summed E-state index contributed by atoms with van der Waals surface area (Å²) in [5, 5.41) is 3.32. The number of methoxy groups -OCH3 is 1. The number of anilines is 1. The number of urea groups is 1. The molecule has 0 atom stereocenters. The minimum Gasteiger partial charge on any atom is -0.468 e. The van der Waals surface area contributed by atoms with E-state index in [1.807, 2.05) is 30.3 Å². The van der Waals surface area contributed by atoms with Crippen molar-refractivity contribution < 1.29 is 14.3 Å². The molecule has 2 amide bonds. The van der Waals surface area contributed by atoms with Crippen LogP contribution in [0.25, 0.3) is 0 Å². The van der Waals surface area contributed by atoms with Crippen LogP contribution in [0.5, 0.6) is 0 Å². The number of nitrogens with one attached hydrogen (secondary N) is 1.